The van der Waals surface area contributed by atoms with Crippen molar-refractivity contribution in [2.45, 2.75) is 90.6 Å². The molecule has 196 valence electrons. The lowest BCUT2D eigenvalue weighted by molar-refractivity contribution is -0.139. The number of rotatable bonds is 12. The largest absolute Gasteiger partial charge is 0.508 e. The highest BCUT2D eigenvalue weighted by molar-refractivity contribution is 5.62. The SMILES string of the molecule is CC(C)CCCOC(=O)OC1CC(OC(=O)O)C(OC(=O)O)CC1OC(=O)OCCCC(C)C. The van der Waals surface area contributed by atoms with Gasteiger partial charge in [-0.05, 0) is 37.5 Å². The highest BCUT2D eigenvalue weighted by Gasteiger charge is 2.46. The quantitative estimate of drug-likeness (QED) is 0.217. The number of carbonyl (C=O) groups excluding carboxylic acids is 2. The minimum Gasteiger partial charge on any atom is -0.450 e. The minimum absolute atomic E-state index is 0.118. The van der Waals surface area contributed by atoms with Gasteiger partial charge in [0.1, 0.15) is 24.4 Å². The highest BCUT2D eigenvalue weighted by Crippen LogP contribution is 2.30. The molecule has 34 heavy (non-hydrogen) atoms. The first-order valence-corrected chi connectivity index (χ1v) is 11.4. The van der Waals surface area contributed by atoms with Gasteiger partial charge in [-0.2, -0.15) is 0 Å². The van der Waals surface area contributed by atoms with Gasteiger partial charge in [0.25, 0.3) is 0 Å². The Bertz CT molecular complexity index is 606. The Morgan fingerprint density at radius 3 is 1.26 bits per heavy atom. The van der Waals surface area contributed by atoms with Crippen LogP contribution >= 0.6 is 0 Å². The van der Waals surface area contributed by atoms with Gasteiger partial charge in [-0.3, -0.25) is 0 Å². The molecule has 0 spiro atoms. The Morgan fingerprint density at radius 1 is 0.647 bits per heavy atom. The average Bonchev–Trinajstić information content (AvgIpc) is 2.70. The van der Waals surface area contributed by atoms with Crippen LogP contribution in [0.25, 0.3) is 0 Å². The molecule has 1 fully saturated rings. The number of hydrogen-bond acceptors (Lipinski definition) is 10. The van der Waals surface area contributed by atoms with E-state index in [-0.39, 0.29) is 26.1 Å². The van der Waals surface area contributed by atoms with E-state index in [1.165, 1.54) is 0 Å². The molecule has 4 unspecified atom stereocenters. The number of hydrogen-bond donors (Lipinski definition) is 2. The van der Waals surface area contributed by atoms with Gasteiger partial charge < -0.3 is 38.6 Å². The van der Waals surface area contributed by atoms with Gasteiger partial charge in [-0.15, -0.1) is 0 Å². The van der Waals surface area contributed by atoms with Crippen LogP contribution in [0.2, 0.25) is 0 Å². The summed E-state index contributed by atoms with van der Waals surface area (Å²) in [4.78, 5) is 46.4. The average molecular weight is 493 g/mol. The molecule has 0 amide bonds. The van der Waals surface area contributed by atoms with Gasteiger partial charge in [0.05, 0.1) is 13.2 Å². The fourth-order valence-electron chi connectivity index (χ4n) is 3.43. The molecule has 2 N–H and O–H groups in total. The summed E-state index contributed by atoms with van der Waals surface area (Å²) in [6.07, 6.45) is -7.97. The molecular formula is C22H36O12. The summed E-state index contributed by atoms with van der Waals surface area (Å²) in [6, 6.07) is 0. The third-order valence-corrected chi connectivity index (χ3v) is 5.05. The fourth-order valence-corrected chi connectivity index (χ4v) is 3.43. The van der Waals surface area contributed by atoms with Gasteiger partial charge in [0.15, 0.2) is 0 Å². The van der Waals surface area contributed by atoms with E-state index < -0.39 is 49.0 Å². The van der Waals surface area contributed by atoms with Crippen LogP contribution in [-0.4, -0.2) is 72.5 Å². The Balaban J connectivity index is 2.82. The fraction of sp³-hybridized carbons (Fsp3) is 0.818. The van der Waals surface area contributed by atoms with Gasteiger partial charge in [0.2, 0.25) is 0 Å². The molecular weight excluding hydrogens is 456 g/mol. The summed E-state index contributed by atoms with van der Waals surface area (Å²) >= 11 is 0. The van der Waals surface area contributed by atoms with Crippen LogP contribution in [0.3, 0.4) is 0 Å². The Morgan fingerprint density at radius 2 is 0.971 bits per heavy atom. The van der Waals surface area contributed by atoms with Crippen molar-refractivity contribution in [3.63, 3.8) is 0 Å². The maximum Gasteiger partial charge on any atom is 0.508 e. The van der Waals surface area contributed by atoms with Crippen molar-refractivity contribution in [3.8, 4) is 0 Å². The first-order valence-electron chi connectivity index (χ1n) is 11.4. The van der Waals surface area contributed by atoms with Gasteiger partial charge in [0, 0.05) is 12.8 Å². The monoisotopic (exact) mass is 492 g/mol. The summed E-state index contributed by atoms with van der Waals surface area (Å²) in [5.41, 5.74) is 0. The van der Waals surface area contributed by atoms with E-state index in [9.17, 15) is 19.2 Å². The van der Waals surface area contributed by atoms with Crippen LogP contribution < -0.4 is 0 Å². The van der Waals surface area contributed by atoms with Crippen LogP contribution in [0.5, 0.6) is 0 Å². The van der Waals surface area contributed by atoms with Crippen molar-refractivity contribution >= 4 is 24.6 Å². The van der Waals surface area contributed by atoms with E-state index in [0.717, 1.165) is 12.8 Å². The molecule has 1 aliphatic rings. The van der Waals surface area contributed by atoms with Crippen molar-refractivity contribution in [1.29, 1.82) is 0 Å². The maximum atomic E-state index is 12.2. The van der Waals surface area contributed by atoms with Crippen molar-refractivity contribution < 1.29 is 57.8 Å². The van der Waals surface area contributed by atoms with Crippen LogP contribution in [-0.2, 0) is 28.4 Å². The van der Waals surface area contributed by atoms with Crippen molar-refractivity contribution in [2.24, 2.45) is 11.8 Å². The predicted molar refractivity (Wildman–Crippen MR) is 116 cm³/mol. The second-order valence-electron chi connectivity index (χ2n) is 8.90. The molecule has 1 saturated carbocycles. The first-order chi connectivity index (χ1) is 16.0. The molecule has 0 bridgehead atoms. The van der Waals surface area contributed by atoms with E-state index in [1.807, 2.05) is 27.7 Å². The van der Waals surface area contributed by atoms with E-state index in [4.69, 9.17) is 38.6 Å². The van der Waals surface area contributed by atoms with Crippen LogP contribution in [0.1, 0.15) is 66.2 Å². The van der Waals surface area contributed by atoms with Crippen LogP contribution in [0.15, 0.2) is 0 Å². The predicted octanol–water partition coefficient (Wildman–Crippen LogP) is 4.82. The lowest BCUT2D eigenvalue weighted by Crippen LogP contribution is -2.51. The summed E-state index contributed by atoms with van der Waals surface area (Å²) < 4.78 is 30.1. The first kappa shape index (κ1) is 29.1. The number of ether oxygens (including phenoxy) is 6. The third-order valence-electron chi connectivity index (χ3n) is 5.05. The van der Waals surface area contributed by atoms with Crippen molar-refractivity contribution in [1.82, 2.24) is 0 Å². The summed E-state index contributed by atoms with van der Waals surface area (Å²) in [5.74, 6) is 0.866. The molecule has 12 nitrogen and oxygen atoms in total. The van der Waals surface area contributed by atoms with E-state index in [0.29, 0.717) is 24.7 Å². The Hall–Kier alpha value is -2.92. The molecule has 4 atom stereocenters. The van der Waals surface area contributed by atoms with Crippen LogP contribution in [0, 0.1) is 11.8 Å². The zero-order valence-electron chi connectivity index (χ0n) is 20.1. The normalized spacial score (nSPS) is 22.1. The summed E-state index contributed by atoms with van der Waals surface area (Å²) in [5, 5.41) is 18.0. The van der Waals surface area contributed by atoms with Gasteiger partial charge >= 0.3 is 24.6 Å². The lowest BCUT2D eigenvalue weighted by atomic mass is 9.89. The molecule has 0 aliphatic heterocycles. The molecule has 0 aromatic carbocycles. The maximum absolute atomic E-state index is 12.2. The minimum atomic E-state index is -1.66. The Labute approximate surface area is 198 Å². The number of carbonyl (C=O) groups is 4. The van der Waals surface area contributed by atoms with Gasteiger partial charge in [-0.1, -0.05) is 27.7 Å². The number of carboxylic acid groups (broad SMARTS) is 2. The topological polar surface area (TPSA) is 164 Å². The molecule has 0 saturated heterocycles. The molecule has 1 rings (SSSR count). The van der Waals surface area contributed by atoms with Crippen molar-refractivity contribution in [2.75, 3.05) is 13.2 Å². The van der Waals surface area contributed by atoms with Crippen molar-refractivity contribution in [3.05, 3.63) is 0 Å². The van der Waals surface area contributed by atoms with E-state index in [1.54, 1.807) is 0 Å². The lowest BCUT2D eigenvalue weighted by Gasteiger charge is -2.37. The zero-order valence-corrected chi connectivity index (χ0v) is 20.1. The molecule has 0 aromatic rings. The van der Waals surface area contributed by atoms with Crippen LogP contribution in [0.4, 0.5) is 19.2 Å². The molecule has 1 aliphatic carbocycles. The molecule has 0 heterocycles. The molecule has 0 radical (unpaired) electrons. The smallest absolute Gasteiger partial charge is 0.450 e. The third kappa shape index (κ3) is 12.4. The molecule has 12 heteroatoms. The zero-order chi connectivity index (χ0) is 25.7. The molecule has 0 aromatic heterocycles. The second-order valence-corrected chi connectivity index (χ2v) is 8.90. The highest BCUT2D eigenvalue weighted by atomic mass is 16.8. The standard InChI is InChI=1S/C22H36O12/c1-13(2)7-5-9-29-21(27)33-17-11-15(31-19(23)24)16(32-20(25)26)12-18(17)34-22(28)30-10-6-8-14(3)4/h13-18H,5-12H2,1-4H3,(H,23,24)(H,25,26). The van der Waals surface area contributed by atoms with Gasteiger partial charge in [-0.25, -0.2) is 19.2 Å². The second kappa shape index (κ2) is 15.1. The van der Waals surface area contributed by atoms with E-state index >= 15 is 0 Å². The summed E-state index contributed by atoms with van der Waals surface area (Å²) in [6.45, 7) is 8.36. The summed E-state index contributed by atoms with van der Waals surface area (Å²) in [7, 11) is 0. The Kier molecular flexibility index (Phi) is 12.9. The van der Waals surface area contributed by atoms with E-state index in [2.05, 4.69) is 0 Å².